The zero-order valence-corrected chi connectivity index (χ0v) is 24.0. The molecule has 1 saturated heterocycles. The van der Waals surface area contributed by atoms with Crippen molar-refractivity contribution in [3.63, 3.8) is 0 Å². The highest BCUT2D eigenvalue weighted by atomic mass is 32.2. The Morgan fingerprint density at radius 1 is 1.07 bits per heavy atom. The molecule has 0 saturated carbocycles. The first-order chi connectivity index (χ1) is 19.7. The van der Waals surface area contributed by atoms with Gasteiger partial charge in [0.25, 0.3) is 0 Å². The molecule has 2 aromatic carbocycles. The predicted molar refractivity (Wildman–Crippen MR) is 158 cm³/mol. The third-order valence-corrected chi connectivity index (χ3v) is 8.30. The van der Waals surface area contributed by atoms with E-state index in [1.165, 1.54) is 7.11 Å². The lowest BCUT2D eigenvalue weighted by molar-refractivity contribution is 0.122. The number of aromatic nitrogens is 3. The molecule has 1 atom stereocenters. The molecule has 11 nitrogen and oxygen atoms in total. The Kier molecular flexibility index (Phi) is 8.29. The van der Waals surface area contributed by atoms with Crippen LogP contribution in [0.1, 0.15) is 13.8 Å². The maximum absolute atomic E-state index is 15.7. The molecule has 0 spiro atoms. The van der Waals surface area contributed by atoms with E-state index in [-0.39, 0.29) is 17.5 Å². The summed E-state index contributed by atoms with van der Waals surface area (Å²) in [6.45, 7) is 6.64. The largest absolute Gasteiger partial charge is 0.492 e. The summed E-state index contributed by atoms with van der Waals surface area (Å²) in [5.41, 5.74) is 3.25. The van der Waals surface area contributed by atoms with Gasteiger partial charge >= 0.3 is 0 Å². The van der Waals surface area contributed by atoms with Crippen molar-refractivity contribution < 1.29 is 22.7 Å². The summed E-state index contributed by atoms with van der Waals surface area (Å²) in [7, 11) is -2.08. The SMILES string of the molecule is CCS(=O)(=O)Nc1ccccc1-c1ccc2cnc(Nc3ccc(N4CCN(CC(C)O)CC4)c(F)c3OC)nn12. The van der Waals surface area contributed by atoms with Gasteiger partial charge in [0.05, 0.1) is 53.4 Å². The quantitative estimate of drug-likeness (QED) is 0.257. The van der Waals surface area contributed by atoms with Gasteiger partial charge in [0, 0.05) is 38.3 Å². The fourth-order valence-corrected chi connectivity index (χ4v) is 5.61. The fraction of sp³-hybridized carbons (Fsp3) is 0.357. The minimum Gasteiger partial charge on any atom is -0.492 e. The smallest absolute Gasteiger partial charge is 0.245 e. The maximum Gasteiger partial charge on any atom is 0.245 e. The molecule has 4 aromatic rings. The standard InChI is InChI=1S/C28H34FN7O4S/c1-4-41(38,39)33-22-8-6-5-7-21(22)24-11-9-20-17-30-28(32-36(20)24)31-23-10-12-25(26(29)27(23)40-3)35-15-13-34(14-16-35)18-19(2)37/h5-12,17,19,33,37H,4,13-16,18H2,1-3H3,(H,31,32). The van der Waals surface area contributed by atoms with Crippen molar-refractivity contribution in [3.8, 4) is 17.0 Å². The topological polar surface area (TPSA) is 124 Å². The Hall–Kier alpha value is -3.94. The van der Waals surface area contributed by atoms with Crippen molar-refractivity contribution >= 4 is 38.6 Å². The van der Waals surface area contributed by atoms with E-state index < -0.39 is 21.9 Å². The highest BCUT2D eigenvalue weighted by Crippen LogP contribution is 2.36. The molecule has 0 amide bonds. The highest BCUT2D eigenvalue weighted by molar-refractivity contribution is 7.92. The van der Waals surface area contributed by atoms with Crippen molar-refractivity contribution in [1.82, 2.24) is 19.5 Å². The van der Waals surface area contributed by atoms with Crippen LogP contribution < -0.4 is 19.7 Å². The number of rotatable bonds is 10. The number of para-hydroxylation sites is 1. The van der Waals surface area contributed by atoms with E-state index in [9.17, 15) is 13.5 Å². The number of methoxy groups -OCH3 is 1. The number of anilines is 4. The summed E-state index contributed by atoms with van der Waals surface area (Å²) in [5.74, 6) is -0.284. The molecule has 218 valence electrons. The predicted octanol–water partition coefficient (Wildman–Crippen LogP) is 3.55. The summed E-state index contributed by atoms with van der Waals surface area (Å²) >= 11 is 0. The molecular weight excluding hydrogens is 549 g/mol. The summed E-state index contributed by atoms with van der Waals surface area (Å²) in [6.07, 6.45) is 1.22. The molecule has 3 N–H and O–H groups in total. The average molecular weight is 584 g/mol. The molecule has 5 rings (SSSR count). The molecule has 1 fully saturated rings. The minimum atomic E-state index is -3.49. The third-order valence-electron chi connectivity index (χ3n) is 7.01. The highest BCUT2D eigenvalue weighted by Gasteiger charge is 2.24. The number of β-amino-alcohol motifs (C(OH)–C–C–N with tert-alkyl or cyclic N) is 1. The van der Waals surface area contributed by atoms with Crippen molar-refractivity contribution in [1.29, 1.82) is 0 Å². The van der Waals surface area contributed by atoms with Gasteiger partial charge in [-0.05, 0) is 44.2 Å². The molecule has 0 radical (unpaired) electrons. The molecule has 2 aromatic heterocycles. The molecule has 0 aliphatic carbocycles. The van der Waals surface area contributed by atoms with Gasteiger partial charge < -0.3 is 20.1 Å². The number of hydrogen-bond donors (Lipinski definition) is 3. The molecule has 41 heavy (non-hydrogen) atoms. The second-order valence-corrected chi connectivity index (χ2v) is 11.9. The molecule has 3 heterocycles. The Balaban J connectivity index is 1.42. The molecule has 13 heteroatoms. The van der Waals surface area contributed by atoms with Crippen LogP contribution in [-0.4, -0.2) is 84.7 Å². The second-order valence-electron chi connectivity index (χ2n) is 9.93. The lowest BCUT2D eigenvalue weighted by Gasteiger charge is -2.36. The van der Waals surface area contributed by atoms with Crippen LogP contribution in [0.15, 0.2) is 54.7 Å². The van der Waals surface area contributed by atoms with Gasteiger partial charge in [-0.1, -0.05) is 18.2 Å². The fourth-order valence-electron chi connectivity index (χ4n) is 4.95. The van der Waals surface area contributed by atoms with Crippen LogP contribution in [0, 0.1) is 5.82 Å². The Morgan fingerprint density at radius 2 is 1.83 bits per heavy atom. The number of nitrogens with zero attached hydrogens (tertiary/aromatic N) is 5. The molecule has 1 aliphatic heterocycles. The Labute approximate surface area is 238 Å². The minimum absolute atomic E-state index is 0.0460. The molecular formula is C28H34FN7O4S. The Morgan fingerprint density at radius 3 is 2.54 bits per heavy atom. The van der Waals surface area contributed by atoms with Gasteiger partial charge in [-0.25, -0.2) is 22.3 Å². The maximum atomic E-state index is 15.7. The van der Waals surface area contributed by atoms with Crippen molar-refractivity contribution in [2.24, 2.45) is 0 Å². The van der Waals surface area contributed by atoms with Crippen LogP contribution in [0.2, 0.25) is 0 Å². The lowest BCUT2D eigenvalue weighted by Crippen LogP contribution is -2.48. The number of piperazine rings is 1. The number of benzene rings is 2. The first kappa shape index (κ1) is 28.6. The van der Waals surface area contributed by atoms with E-state index >= 15 is 4.39 Å². The molecule has 1 unspecified atom stereocenters. The van der Waals surface area contributed by atoms with E-state index in [4.69, 9.17) is 4.74 Å². The third kappa shape index (κ3) is 6.21. The van der Waals surface area contributed by atoms with Gasteiger partial charge in [-0.2, -0.15) is 0 Å². The number of fused-ring (bicyclic) bond motifs is 1. The molecule has 1 aliphatic rings. The zero-order chi connectivity index (χ0) is 29.1. The number of sulfonamides is 1. The number of aliphatic hydroxyl groups excluding tert-OH is 1. The second kappa shape index (κ2) is 11.9. The van der Waals surface area contributed by atoms with Crippen molar-refractivity contribution in [3.05, 3.63) is 60.5 Å². The lowest BCUT2D eigenvalue weighted by atomic mass is 10.1. The average Bonchev–Trinajstić information content (AvgIpc) is 3.37. The van der Waals surface area contributed by atoms with E-state index in [0.29, 0.717) is 53.5 Å². The van der Waals surface area contributed by atoms with Crippen LogP contribution in [0.25, 0.3) is 16.8 Å². The van der Waals surface area contributed by atoms with Gasteiger partial charge in [0.2, 0.25) is 16.0 Å². The van der Waals surface area contributed by atoms with Crippen LogP contribution >= 0.6 is 0 Å². The summed E-state index contributed by atoms with van der Waals surface area (Å²) in [6, 6.07) is 14.2. The first-order valence-corrected chi connectivity index (χ1v) is 15.1. The van der Waals surface area contributed by atoms with Gasteiger partial charge in [0.1, 0.15) is 0 Å². The van der Waals surface area contributed by atoms with E-state index in [2.05, 4.69) is 25.0 Å². The van der Waals surface area contributed by atoms with Crippen LogP contribution in [0.5, 0.6) is 5.75 Å². The van der Waals surface area contributed by atoms with E-state index in [1.807, 2.05) is 29.2 Å². The first-order valence-electron chi connectivity index (χ1n) is 13.4. The van der Waals surface area contributed by atoms with Crippen molar-refractivity contribution in [2.45, 2.75) is 20.0 Å². The zero-order valence-electron chi connectivity index (χ0n) is 23.2. The van der Waals surface area contributed by atoms with E-state index in [1.54, 1.807) is 48.8 Å². The van der Waals surface area contributed by atoms with Crippen LogP contribution in [-0.2, 0) is 10.0 Å². The summed E-state index contributed by atoms with van der Waals surface area (Å²) < 4.78 is 49.9. The van der Waals surface area contributed by atoms with Crippen LogP contribution in [0.4, 0.5) is 27.4 Å². The van der Waals surface area contributed by atoms with Gasteiger partial charge in [-0.3, -0.25) is 9.62 Å². The summed E-state index contributed by atoms with van der Waals surface area (Å²) in [5, 5.41) is 17.3. The number of hydrogen-bond acceptors (Lipinski definition) is 9. The number of halogens is 1. The van der Waals surface area contributed by atoms with Crippen LogP contribution in [0.3, 0.4) is 0 Å². The molecule has 0 bridgehead atoms. The van der Waals surface area contributed by atoms with Gasteiger partial charge in [-0.15, -0.1) is 5.10 Å². The number of aliphatic hydroxyl groups is 1. The number of ether oxygens (including phenoxy) is 1. The normalized spacial score (nSPS) is 15.2. The summed E-state index contributed by atoms with van der Waals surface area (Å²) in [4.78, 5) is 8.52. The van der Waals surface area contributed by atoms with E-state index in [0.717, 1.165) is 13.1 Å². The monoisotopic (exact) mass is 583 g/mol. The number of nitrogens with one attached hydrogen (secondary N) is 2. The van der Waals surface area contributed by atoms with Crippen molar-refractivity contribution in [2.75, 3.05) is 60.5 Å². The Bertz CT molecular complexity index is 1640. The van der Waals surface area contributed by atoms with Gasteiger partial charge in [0.15, 0.2) is 11.6 Å².